The zero-order valence-corrected chi connectivity index (χ0v) is 13.0. The van der Waals surface area contributed by atoms with Crippen LogP contribution in [-0.4, -0.2) is 35.8 Å². The third-order valence-electron chi connectivity index (χ3n) is 3.88. The van der Waals surface area contributed by atoms with Crippen molar-refractivity contribution in [3.8, 4) is 0 Å². The predicted molar refractivity (Wildman–Crippen MR) is 82.3 cm³/mol. The van der Waals surface area contributed by atoms with Crippen LogP contribution in [0.15, 0.2) is 0 Å². The summed E-state index contributed by atoms with van der Waals surface area (Å²) in [5.74, 6) is 2.67. The van der Waals surface area contributed by atoms with Crippen LogP contribution in [0.5, 0.6) is 0 Å². The SMILES string of the molecule is CCCNc1nc(C)nc(NC2CCCC2OC)c1C. The summed E-state index contributed by atoms with van der Waals surface area (Å²) in [5.41, 5.74) is 1.09. The van der Waals surface area contributed by atoms with E-state index >= 15 is 0 Å². The lowest BCUT2D eigenvalue weighted by Crippen LogP contribution is -2.30. The Morgan fingerprint density at radius 1 is 1.20 bits per heavy atom. The summed E-state index contributed by atoms with van der Waals surface area (Å²) in [7, 11) is 1.79. The lowest BCUT2D eigenvalue weighted by molar-refractivity contribution is 0.101. The molecule has 0 spiro atoms. The molecule has 2 rings (SSSR count). The highest BCUT2D eigenvalue weighted by Crippen LogP contribution is 2.27. The zero-order valence-electron chi connectivity index (χ0n) is 13.0. The number of nitrogens with one attached hydrogen (secondary N) is 2. The highest BCUT2D eigenvalue weighted by Gasteiger charge is 2.28. The van der Waals surface area contributed by atoms with Gasteiger partial charge >= 0.3 is 0 Å². The molecule has 2 unspecified atom stereocenters. The van der Waals surface area contributed by atoms with E-state index in [1.807, 2.05) is 6.92 Å². The Bertz CT molecular complexity index is 450. The number of aryl methyl sites for hydroxylation is 1. The molecule has 2 atom stereocenters. The summed E-state index contributed by atoms with van der Waals surface area (Å²) >= 11 is 0. The van der Waals surface area contributed by atoms with Crippen molar-refractivity contribution in [1.82, 2.24) is 9.97 Å². The average Bonchev–Trinajstić information content (AvgIpc) is 2.88. The molecule has 0 bridgehead atoms. The molecule has 0 aliphatic heterocycles. The van der Waals surface area contributed by atoms with Crippen LogP contribution in [0.2, 0.25) is 0 Å². The Hall–Kier alpha value is -1.36. The highest BCUT2D eigenvalue weighted by molar-refractivity contribution is 5.57. The summed E-state index contributed by atoms with van der Waals surface area (Å²) in [6.45, 7) is 7.08. The normalized spacial score (nSPS) is 22.0. The van der Waals surface area contributed by atoms with Gasteiger partial charge in [0.15, 0.2) is 0 Å². The Kier molecular flexibility index (Phi) is 5.17. The molecule has 0 radical (unpaired) electrons. The number of nitrogens with zero attached hydrogens (tertiary/aromatic N) is 2. The summed E-state index contributed by atoms with van der Waals surface area (Å²) in [4.78, 5) is 9.05. The monoisotopic (exact) mass is 278 g/mol. The van der Waals surface area contributed by atoms with Crippen molar-refractivity contribution in [2.75, 3.05) is 24.3 Å². The maximum absolute atomic E-state index is 5.54. The van der Waals surface area contributed by atoms with Crippen LogP contribution in [0.3, 0.4) is 0 Å². The third-order valence-corrected chi connectivity index (χ3v) is 3.88. The quantitative estimate of drug-likeness (QED) is 0.838. The number of aromatic nitrogens is 2. The Morgan fingerprint density at radius 3 is 2.65 bits per heavy atom. The fourth-order valence-electron chi connectivity index (χ4n) is 2.73. The second kappa shape index (κ2) is 6.88. The minimum atomic E-state index is 0.289. The highest BCUT2D eigenvalue weighted by atomic mass is 16.5. The molecule has 0 aromatic carbocycles. The molecule has 1 saturated carbocycles. The molecule has 1 aliphatic rings. The van der Waals surface area contributed by atoms with E-state index in [0.717, 1.165) is 48.8 Å². The summed E-state index contributed by atoms with van der Waals surface area (Å²) in [6.07, 6.45) is 4.84. The van der Waals surface area contributed by atoms with E-state index in [1.165, 1.54) is 6.42 Å². The van der Waals surface area contributed by atoms with Gasteiger partial charge in [-0.25, -0.2) is 9.97 Å². The summed E-state index contributed by atoms with van der Waals surface area (Å²) < 4.78 is 5.54. The van der Waals surface area contributed by atoms with Gasteiger partial charge in [-0.3, -0.25) is 0 Å². The molecule has 1 aliphatic carbocycles. The molecule has 112 valence electrons. The smallest absolute Gasteiger partial charge is 0.135 e. The van der Waals surface area contributed by atoms with Crippen molar-refractivity contribution < 1.29 is 4.74 Å². The topological polar surface area (TPSA) is 59.1 Å². The van der Waals surface area contributed by atoms with Crippen molar-refractivity contribution in [2.24, 2.45) is 0 Å². The van der Waals surface area contributed by atoms with Crippen LogP contribution >= 0.6 is 0 Å². The number of ether oxygens (including phenoxy) is 1. The lowest BCUT2D eigenvalue weighted by atomic mass is 10.2. The van der Waals surface area contributed by atoms with Crippen molar-refractivity contribution in [1.29, 1.82) is 0 Å². The van der Waals surface area contributed by atoms with E-state index in [0.29, 0.717) is 6.04 Å². The minimum absolute atomic E-state index is 0.289. The third kappa shape index (κ3) is 3.39. The number of anilines is 2. The molecular formula is C15H26N4O. The average molecular weight is 278 g/mol. The number of hydrogen-bond donors (Lipinski definition) is 2. The summed E-state index contributed by atoms with van der Waals surface area (Å²) in [5, 5.41) is 6.92. The Labute approximate surface area is 121 Å². The van der Waals surface area contributed by atoms with E-state index in [2.05, 4.69) is 34.4 Å². The van der Waals surface area contributed by atoms with Crippen LogP contribution in [-0.2, 0) is 4.74 Å². The van der Waals surface area contributed by atoms with Gasteiger partial charge in [0.2, 0.25) is 0 Å². The molecule has 0 saturated heterocycles. The molecule has 1 fully saturated rings. The molecule has 20 heavy (non-hydrogen) atoms. The van der Waals surface area contributed by atoms with Gasteiger partial charge in [0.25, 0.3) is 0 Å². The molecule has 1 heterocycles. The molecule has 0 amide bonds. The largest absolute Gasteiger partial charge is 0.379 e. The van der Waals surface area contributed by atoms with Crippen molar-refractivity contribution in [3.05, 3.63) is 11.4 Å². The molecule has 1 aromatic rings. The number of methoxy groups -OCH3 is 1. The van der Waals surface area contributed by atoms with Crippen molar-refractivity contribution in [2.45, 2.75) is 58.6 Å². The Morgan fingerprint density at radius 2 is 1.95 bits per heavy atom. The van der Waals surface area contributed by atoms with E-state index in [1.54, 1.807) is 7.11 Å². The lowest BCUT2D eigenvalue weighted by Gasteiger charge is -2.22. The summed E-state index contributed by atoms with van der Waals surface area (Å²) in [6, 6.07) is 0.354. The first-order valence-electron chi connectivity index (χ1n) is 7.54. The maximum atomic E-state index is 5.54. The van der Waals surface area contributed by atoms with E-state index in [-0.39, 0.29) is 6.10 Å². The van der Waals surface area contributed by atoms with Crippen LogP contribution < -0.4 is 10.6 Å². The van der Waals surface area contributed by atoms with Gasteiger partial charge in [-0.05, 0) is 39.5 Å². The fourth-order valence-corrected chi connectivity index (χ4v) is 2.73. The van der Waals surface area contributed by atoms with E-state index < -0.39 is 0 Å². The standard InChI is InChI=1S/C15H26N4O/c1-5-9-16-14-10(2)15(18-11(3)17-14)19-12-7-6-8-13(12)20-4/h12-13H,5-9H2,1-4H3,(H2,16,17,18,19). The molecular weight excluding hydrogens is 252 g/mol. The van der Waals surface area contributed by atoms with Crippen LogP contribution in [0.1, 0.15) is 44.0 Å². The first-order valence-corrected chi connectivity index (χ1v) is 7.54. The van der Waals surface area contributed by atoms with Gasteiger partial charge in [0, 0.05) is 19.2 Å². The molecule has 1 aromatic heterocycles. The van der Waals surface area contributed by atoms with Crippen molar-refractivity contribution in [3.63, 3.8) is 0 Å². The predicted octanol–water partition coefficient (Wildman–Crippen LogP) is 2.89. The zero-order chi connectivity index (χ0) is 14.5. The Balaban J connectivity index is 2.16. The van der Waals surface area contributed by atoms with Gasteiger partial charge in [0.1, 0.15) is 17.5 Å². The van der Waals surface area contributed by atoms with Gasteiger partial charge in [-0.1, -0.05) is 6.92 Å². The van der Waals surface area contributed by atoms with Gasteiger partial charge < -0.3 is 15.4 Å². The van der Waals surface area contributed by atoms with E-state index in [9.17, 15) is 0 Å². The fraction of sp³-hybridized carbons (Fsp3) is 0.733. The maximum Gasteiger partial charge on any atom is 0.135 e. The second-order valence-corrected chi connectivity index (χ2v) is 5.48. The van der Waals surface area contributed by atoms with Crippen LogP contribution in [0.4, 0.5) is 11.6 Å². The minimum Gasteiger partial charge on any atom is -0.379 e. The van der Waals surface area contributed by atoms with Gasteiger partial charge in [-0.2, -0.15) is 0 Å². The number of rotatable bonds is 6. The molecule has 5 heteroatoms. The second-order valence-electron chi connectivity index (χ2n) is 5.48. The first kappa shape index (κ1) is 15.0. The van der Waals surface area contributed by atoms with Gasteiger partial charge in [-0.15, -0.1) is 0 Å². The number of hydrogen-bond acceptors (Lipinski definition) is 5. The first-order chi connectivity index (χ1) is 9.65. The van der Waals surface area contributed by atoms with Crippen LogP contribution in [0.25, 0.3) is 0 Å². The van der Waals surface area contributed by atoms with E-state index in [4.69, 9.17) is 4.74 Å². The van der Waals surface area contributed by atoms with Crippen LogP contribution in [0, 0.1) is 13.8 Å². The van der Waals surface area contributed by atoms with Crippen molar-refractivity contribution >= 4 is 11.6 Å². The molecule has 2 N–H and O–H groups in total. The van der Waals surface area contributed by atoms with Gasteiger partial charge in [0.05, 0.1) is 12.1 Å². The molecule has 5 nitrogen and oxygen atoms in total.